The molecule has 1 aliphatic rings. The SMILES string of the molecule is Cc1cn2c(C(C)C)c(C(=O)N[C@H]3CCOc4ccccc43)cnc2c1-c1ccccc1Cl. The highest BCUT2D eigenvalue weighted by molar-refractivity contribution is 6.33. The lowest BCUT2D eigenvalue weighted by Crippen LogP contribution is -2.33. The van der Waals surface area contributed by atoms with Gasteiger partial charge in [0.05, 0.1) is 18.2 Å². The topological polar surface area (TPSA) is 55.6 Å². The summed E-state index contributed by atoms with van der Waals surface area (Å²) in [5, 5.41) is 3.90. The van der Waals surface area contributed by atoms with Crippen molar-refractivity contribution in [2.75, 3.05) is 6.61 Å². The van der Waals surface area contributed by atoms with E-state index in [-0.39, 0.29) is 17.9 Å². The number of benzene rings is 2. The van der Waals surface area contributed by atoms with Crippen LogP contribution in [0.5, 0.6) is 5.75 Å². The highest BCUT2D eigenvalue weighted by atomic mass is 35.5. The van der Waals surface area contributed by atoms with Crippen molar-refractivity contribution in [3.05, 3.63) is 88.3 Å². The monoisotopic (exact) mass is 459 g/mol. The number of hydrogen-bond acceptors (Lipinski definition) is 3. The Kier molecular flexibility index (Phi) is 5.59. The van der Waals surface area contributed by atoms with Crippen LogP contribution in [0.15, 0.2) is 60.9 Å². The number of hydrogen-bond donors (Lipinski definition) is 1. The summed E-state index contributed by atoms with van der Waals surface area (Å²) in [7, 11) is 0. The van der Waals surface area contributed by atoms with Crippen molar-refractivity contribution in [3.63, 3.8) is 0 Å². The number of halogens is 1. The lowest BCUT2D eigenvalue weighted by Gasteiger charge is -2.27. The molecule has 3 heterocycles. The Morgan fingerprint density at radius 1 is 1.18 bits per heavy atom. The summed E-state index contributed by atoms with van der Waals surface area (Å²) in [5.74, 6) is 0.821. The molecule has 1 N–H and O–H groups in total. The maximum atomic E-state index is 13.5. The van der Waals surface area contributed by atoms with E-state index in [0.717, 1.165) is 45.8 Å². The molecule has 168 valence electrons. The number of nitrogens with zero attached hydrogens (tertiary/aromatic N) is 2. The summed E-state index contributed by atoms with van der Waals surface area (Å²) in [6.07, 6.45) is 4.48. The van der Waals surface area contributed by atoms with Crippen LogP contribution in [0.3, 0.4) is 0 Å². The lowest BCUT2D eigenvalue weighted by atomic mass is 9.99. The molecule has 1 amide bonds. The second-order valence-electron chi connectivity index (χ2n) is 8.77. The molecule has 2 aromatic heterocycles. The van der Waals surface area contributed by atoms with Crippen molar-refractivity contribution in [1.29, 1.82) is 0 Å². The van der Waals surface area contributed by atoms with Gasteiger partial charge in [-0.2, -0.15) is 0 Å². The average molecular weight is 460 g/mol. The fourth-order valence-corrected chi connectivity index (χ4v) is 4.97. The minimum atomic E-state index is -0.125. The van der Waals surface area contributed by atoms with Crippen LogP contribution in [0.4, 0.5) is 0 Å². The van der Waals surface area contributed by atoms with Crippen molar-refractivity contribution < 1.29 is 9.53 Å². The first-order valence-corrected chi connectivity index (χ1v) is 11.6. The molecule has 0 radical (unpaired) electrons. The van der Waals surface area contributed by atoms with Gasteiger partial charge >= 0.3 is 0 Å². The van der Waals surface area contributed by atoms with Crippen LogP contribution in [0.1, 0.15) is 59.4 Å². The number of aryl methyl sites for hydroxylation is 1. The highest BCUT2D eigenvalue weighted by Crippen LogP contribution is 2.36. The van der Waals surface area contributed by atoms with E-state index in [2.05, 4.69) is 32.3 Å². The number of carbonyl (C=O) groups excluding carboxylic acids is 1. The van der Waals surface area contributed by atoms with Gasteiger partial charge in [-0.25, -0.2) is 4.98 Å². The summed E-state index contributed by atoms with van der Waals surface area (Å²) < 4.78 is 7.80. The third-order valence-electron chi connectivity index (χ3n) is 6.22. The molecule has 2 aromatic carbocycles. The zero-order chi connectivity index (χ0) is 23.1. The molecule has 0 fully saturated rings. The van der Waals surface area contributed by atoms with E-state index in [1.807, 2.05) is 52.9 Å². The number of rotatable bonds is 4. The normalized spacial score (nSPS) is 15.4. The highest BCUT2D eigenvalue weighted by Gasteiger charge is 2.26. The zero-order valence-electron chi connectivity index (χ0n) is 18.9. The van der Waals surface area contributed by atoms with Crippen LogP contribution >= 0.6 is 11.6 Å². The molecular formula is C27H26ClN3O2. The van der Waals surface area contributed by atoms with Crippen molar-refractivity contribution in [2.45, 2.75) is 39.2 Å². The molecule has 5 rings (SSSR count). The maximum absolute atomic E-state index is 13.5. The minimum absolute atomic E-state index is 0.0942. The van der Waals surface area contributed by atoms with E-state index in [9.17, 15) is 4.79 Å². The Bertz CT molecular complexity index is 1360. The number of carbonyl (C=O) groups is 1. The summed E-state index contributed by atoms with van der Waals surface area (Å²) in [4.78, 5) is 18.2. The smallest absolute Gasteiger partial charge is 0.255 e. The van der Waals surface area contributed by atoms with E-state index in [4.69, 9.17) is 21.3 Å². The minimum Gasteiger partial charge on any atom is -0.493 e. The first-order valence-electron chi connectivity index (χ1n) is 11.2. The summed E-state index contributed by atoms with van der Waals surface area (Å²) in [6.45, 7) is 6.82. The standard InChI is InChI=1S/C27H26ClN3O2/c1-16(2)25-20(27(32)30-22-12-13-33-23-11-7-5-9-19(22)23)14-29-26-24(17(3)15-31(25)26)18-8-4-6-10-21(18)28/h4-11,14-16,22H,12-13H2,1-3H3,(H,30,32)/t22-/m0/s1. The van der Waals surface area contributed by atoms with Gasteiger partial charge in [-0.3, -0.25) is 4.79 Å². The Labute approximate surface area is 198 Å². The molecule has 0 unspecified atom stereocenters. The summed E-state index contributed by atoms with van der Waals surface area (Å²) >= 11 is 6.51. The predicted molar refractivity (Wildman–Crippen MR) is 131 cm³/mol. The Morgan fingerprint density at radius 3 is 2.73 bits per heavy atom. The van der Waals surface area contributed by atoms with Gasteiger partial charge in [0.2, 0.25) is 0 Å². The molecule has 1 aliphatic heterocycles. The van der Waals surface area contributed by atoms with Gasteiger partial charge in [-0.05, 0) is 30.5 Å². The van der Waals surface area contributed by atoms with Crippen LogP contribution < -0.4 is 10.1 Å². The first-order chi connectivity index (χ1) is 16.0. The summed E-state index contributed by atoms with van der Waals surface area (Å²) in [6, 6.07) is 15.6. The Morgan fingerprint density at radius 2 is 1.94 bits per heavy atom. The Balaban J connectivity index is 1.58. The molecule has 4 aromatic rings. The molecule has 0 aliphatic carbocycles. The molecule has 33 heavy (non-hydrogen) atoms. The molecule has 0 saturated heterocycles. The number of ether oxygens (including phenoxy) is 1. The molecule has 0 spiro atoms. The molecule has 0 bridgehead atoms. The van der Waals surface area contributed by atoms with Crippen LogP contribution in [0.2, 0.25) is 5.02 Å². The third kappa shape index (κ3) is 3.76. The number of nitrogens with one attached hydrogen (secondary N) is 1. The van der Waals surface area contributed by atoms with Crippen molar-refractivity contribution in [2.24, 2.45) is 0 Å². The molecule has 6 heteroatoms. The fraction of sp³-hybridized carbons (Fsp3) is 0.259. The van der Waals surface area contributed by atoms with Gasteiger partial charge in [-0.1, -0.05) is 61.8 Å². The van der Waals surface area contributed by atoms with Gasteiger partial charge in [0.15, 0.2) is 0 Å². The molecule has 1 atom stereocenters. The van der Waals surface area contributed by atoms with Crippen LogP contribution in [-0.2, 0) is 0 Å². The van der Waals surface area contributed by atoms with Crippen LogP contribution in [0, 0.1) is 6.92 Å². The van der Waals surface area contributed by atoms with E-state index >= 15 is 0 Å². The largest absolute Gasteiger partial charge is 0.493 e. The predicted octanol–water partition coefficient (Wildman–Crippen LogP) is 6.34. The van der Waals surface area contributed by atoms with Gasteiger partial charge in [0, 0.05) is 46.2 Å². The quantitative estimate of drug-likeness (QED) is 0.387. The number of amides is 1. The molecular weight excluding hydrogens is 434 g/mol. The van der Waals surface area contributed by atoms with Crippen molar-refractivity contribution in [3.8, 4) is 16.9 Å². The number of fused-ring (bicyclic) bond motifs is 2. The van der Waals surface area contributed by atoms with Gasteiger partial charge < -0.3 is 14.5 Å². The van der Waals surface area contributed by atoms with Gasteiger partial charge in [0.25, 0.3) is 5.91 Å². The van der Waals surface area contributed by atoms with Gasteiger partial charge in [-0.15, -0.1) is 0 Å². The van der Waals surface area contributed by atoms with Crippen molar-refractivity contribution in [1.82, 2.24) is 14.7 Å². The van der Waals surface area contributed by atoms with E-state index in [1.165, 1.54) is 0 Å². The van der Waals surface area contributed by atoms with Crippen LogP contribution in [0.25, 0.3) is 16.8 Å². The number of para-hydroxylation sites is 1. The lowest BCUT2D eigenvalue weighted by molar-refractivity contribution is 0.0922. The molecule has 5 nitrogen and oxygen atoms in total. The summed E-state index contributed by atoms with van der Waals surface area (Å²) in [5.41, 5.74) is 6.33. The first kappa shape index (κ1) is 21.5. The van der Waals surface area contributed by atoms with E-state index in [1.54, 1.807) is 6.20 Å². The zero-order valence-corrected chi connectivity index (χ0v) is 19.7. The van der Waals surface area contributed by atoms with E-state index < -0.39 is 0 Å². The Hall–Kier alpha value is -3.31. The average Bonchev–Trinajstić information content (AvgIpc) is 3.14. The maximum Gasteiger partial charge on any atom is 0.255 e. The third-order valence-corrected chi connectivity index (χ3v) is 6.55. The second kappa shape index (κ2) is 8.56. The van der Waals surface area contributed by atoms with Gasteiger partial charge in [0.1, 0.15) is 11.4 Å². The van der Waals surface area contributed by atoms with Crippen molar-refractivity contribution >= 4 is 23.2 Å². The fourth-order valence-electron chi connectivity index (χ4n) is 4.74. The van der Waals surface area contributed by atoms with Crippen LogP contribution in [-0.4, -0.2) is 21.9 Å². The molecule has 0 saturated carbocycles. The number of aromatic nitrogens is 2. The van der Waals surface area contributed by atoms with E-state index in [0.29, 0.717) is 17.2 Å². The second-order valence-corrected chi connectivity index (χ2v) is 9.18.